The summed E-state index contributed by atoms with van der Waals surface area (Å²) in [6.45, 7) is 5.44. The average molecular weight is 274 g/mol. The predicted molar refractivity (Wildman–Crippen MR) is 66.0 cm³/mol. The molecule has 0 aliphatic rings. The van der Waals surface area contributed by atoms with Gasteiger partial charge in [0, 0.05) is 14.1 Å². The molecule has 7 nitrogen and oxygen atoms in total. The van der Waals surface area contributed by atoms with Crippen molar-refractivity contribution in [2.75, 3.05) is 19.8 Å². The molecule has 0 bridgehead atoms. The first kappa shape index (κ1) is 14.6. The van der Waals surface area contributed by atoms with Crippen molar-refractivity contribution >= 4 is 15.9 Å². The highest BCUT2D eigenvalue weighted by Gasteiger charge is 2.27. The van der Waals surface area contributed by atoms with E-state index in [0.717, 1.165) is 11.0 Å². The summed E-state index contributed by atoms with van der Waals surface area (Å²) >= 11 is 0. The lowest BCUT2D eigenvalue weighted by Crippen LogP contribution is -2.28. The van der Waals surface area contributed by atoms with E-state index in [4.69, 9.17) is 0 Å². The molecule has 0 atom stereocenters. The second-order valence-electron chi connectivity index (χ2n) is 5.47. The molecular formula is C10H18N4O3S. The minimum Gasteiger partial charge on any atom is -0.329 e. The van der Waals surface area contributed by atoms with Gasteiger partial charge in [0.05, 0.1) is 5.75 Å². The van der Waals surface area contributed by atoms with Gasteiger partial charge in [0.25, 0.3) is 5.16 Å². The fraction of sp³-hybridized carbons (Fsp3) is 0.700. The molecule has 0 saturated carbocycles. The van der Waals surface area contributed by atoms with E-state index in [-0.39, 0.29) is 10.9 Å². The highest BCUT2D eigenvalue weighted by Crippen LogP contribution is 2.19. The number of carbonyl (C=O) groups excluding carboxylic acids is 1. The Labute approximate surface area is 107 Å². The van der Waals surface area contributed by atoms with Gasteiger partial charge in [0.15, 0.2) is 0 Å². The van der Waals surface area contributed by atoms with E-state index < -0.39 is 21.3 Å². The van der Waals surface area contributed by atoms with E-state index in [9.17, 15) is 13.2 Å². The van der Waals surface area contributed by atoms with Crippen LogP contribution >= 0.6 is 0 Å². The summed E-state index contributed by atoms with van der Waals surface area (Å²) in [5.41, 5.74) is -0.393. The van der Waals surface area contributed by atoms with Gasteiger partial charge in [-0.05, 0) is 5.41 Å². The van der Waals surface area contributed by atoms with Gasteiger partial charge in [0.2, 0.25) is 9.84 Å². The molecular weight excluding hydrogens is 256 g/mol. The molecule has 0 radical (unpaired) electrons. The molecule has 0 N–H and O–H groups in total. The van der Waals surface area contributed by atoms with Crippen molar-refractivity contribution in [2.45, 2.75) is 25.9 Å². The van der Waals surface area contributed by atoms with E-state index in [1.54, 1.807) is 14.1 Å². The van der Waals surface area contributed by atoms with Crippen LogP contribution in [0.4, 0.5) is 4.79 Å². The first-order valence-electron chi connectivity index (χ1n) is 5.39. The third-order valence-electron chi connectivity index (χ3n) is 1.95. The second-order valence-corrected chi connectivity index (χ2v) is 7.35. The predicted octanol–water partition coefficient (Wildman–Crippen LogP) is 0.628. The monoisotopic (exact) mass is 274 g/mol. The summed E-state index contributed by atoms with van der Waals surface area (Å²) in [5.74, 6) is -0.0693. The normalized spacial score (nSPS) is 12.5. The fourth-order valence-corrected chi connectivity index (χ4v) is 3.01. The van der Waals surface area contributed by atoms with Gasteiger partial charge in [-0.25, -0.2) is 18.2 Å². The third kappa shape index (κ3) is 3.52. The van der Waals surface area contributed by atoms with Crippen LogP contribution in [-0.2, 0) is 9.84 Å². The highest BCUT2D eigenvalue weighted by atomic mass is 32.2. The van der Waals surface area contributed by atoms with Crippen LogP contribution in [0.2, 0.25) is 0 Å². The van der Waals surface area contributed by atoms with Gasteiger partial charge in [-0.15, -0.1) is 5.10 Å². The van der Waals surface area contributed by atoms with Crippen molar-refractivity contribution in [1.29, 1.82) is 0 Å². The molecule has 0 fully saturated rings. The zero-order valence-corrected chi connectivity index (χ0v) is 12.0. The number of carbonyl (C=O) groups is 1. The lowest BCUT2D eigenvalue weighted by Gasteiger charge is -2.16. The smallest absolute Gasteiger partial charge is 0.329 e. The number of aromatic nitrogens is 3. The molecule has 18 heavy (non-hydrogen) atoms. The SMILES string of the molecule is CN(C)C(=O)n1cnc(S(=O)(=O)CC(C)(C)C)n1. The second kappa shape index (κ2) is 4.68. The molecule has 102 valence electrons. The third-order valence-corrected chi connectivity index (χ3v) is 3.94. The molecule has 1 heterocycles. The van der Waals surface area contributed by atoms with Crippen LogP contribution in [-0.4, -0.2) is 54.0 Å². The minimum atomic E-state index is -3.57. The molecule has 1 aromatic rings. The van der Waals surface area contributed by atoms with Crippen LogP contribution in [0.25, 0.3) is 0 Å². The quantitative estimate of drug-likeness (QED) is 0.789. The maximum absolute atomic E-state index is 12.0. The van der Waals surface area contributed by atoms with Crippen LogP contribution in [0.5, 0.6) is 0 Å². The summed E-state index contributed by atoms with van der Waals surface area (Å²) in [4.78, 5) is 16.5. The Morgan fingerprint density at radius 3 is 2.39 bits per heavy atom. The number of amides is 1. The Bertz CT molecular complexity index is 540. The van der Waals surface area contributed by atoms with Crippen LogP contribution < -0.4 is 0 Å². The zero-order valence-electron chi connectivity index (χ0n) is 11.2. The summed E-state index contributed by atoms with van der Waals surface area (Å²) < 4.78 is 24.9. The largest absolute Gasteiger partial charge is 0.345 e. The molecule has 1 aromatic heterocycles. The van der Waals surface area contributed by atoms with Crippen molar-refractivity contribution in [2.24, 2.45) is 5.41 Å². The highest BCUT2D eigenvalue weighted by molar-refractivity contribution is 7.91. The number of rotatable bonds is 2. The van der Waals surface area contributed by atoms with Gasteiger partial charge in [-0.3, -0.25) is 0 Å². The van der Waals surface area contributed by atoms with Crippen LogP contribution in [0, 0.1) is 5.41 Å². The summed E-state index contributed by atoms with van der Waals surface area (Å²) in [6, 6.07) is -0.445. The number of nitrogens with zero attached hydrogens (tertiary/aromatic N) is 4. The summed E-state index contributed by atoms with van der Waals surface area (Å²) in [5, 5.41) is 3.40. The molecule has 8 heteroatoms. The minimum absolute atomic E-state index is 0.0693. The van der Waals surface area contributed by atoms with E-state index in [2.05, 4.69) is 10.1 Å². The van der Waals surface area contributed by atoms with Crippen molar-refractivity contribution in [3.8, 4) is 0 Å². The van der Waals surface area contributed by atoms with E-state index in [1.165, 1.54) is 4.90 Å². The van der Waals surface area contributed by atoms with Crippen LogP contribution in [0.1, 0.15) is 20.8 Å². The van der Waals surface area contributed by atoms with E-state index in [0.29, 0.717) is 0 Å². The lowest BCUT2D eigenvalue weighted by atomic mass is 10.0. The molecule has 0 unspecified atom stereocenters. The van der Waals surface area contributed by atoms with Crippen molar-refractivity contribution in [1.82, 2.24) is 19.7 Å². The summed E-state index contributed by atoms with van der Waals surface area (Å²) in [6.07, 6.45) is 1.11. The van der Waals surface area contributed by atoms with Gasteiger partial charge in [0.1, 0.15) is 6.33 Å². The zero-order chi connectivity index (χ0) is 14.1. The molecule has 0 aliphatic carbocycles. The van der Waals surface area contributed by atoms with E-state index in [1.807, 2.05) is 20.8 Å². The Kier molecular flexibility index (Phi) is 3.80. The first-order valence-corrected chi connectivity index (χ1v) is 7.04. The molecule has 0 saturated heterocycles. The molecule has 0 aliphatic heterocycles. The van der Waals surface area contributed by atoms with Crippen molar-refractivity contribution < 1.29 is 13.2 Å². The van der Waals surface area contributed by atoms with Crippen LogP contribution in [0.15, 0.2) is 11.5 Å². The fourth-order valence-electron chi connectivity index (χ4n) is 1.32. The Morgan fingerprint density at radius 2 is 1.94 bits per heavy atom. The Balaban J connectivity index is 3.03. The average Bonchev–Trinajstić information content (AvgIpc) is 2.61. The van der Waals surface area contributed by atoms with Crippen molar-refractivity contribution in [3.63, 3.8) is 0 Å². The van der Waals surface area contributed by atoms with Gasteiger partial charge < -0.3 is 4.90 Å². The molecule has 1 rings (SSSR count). The maximum Gasteiger partial charge on any atom is 0.345 e. The number of hydrogen-bond acceptors (Lipinski definition) is 5. The van der Waals surface area contributed by atoms with Gasteiger partial charge >= 0.3 is 6.03 Å². The molecule has 0 spiro atoms. The molecule has 1 amide bonds. The summed E-state index contributed by atoms with van der Waals surface area (Å²) in [7, 11) is -0.472. The van der Waals surface area contributed by atoms with Gasteiger partial charge in [-0.2, -0.15) is 4.68 Å². The van der Waals surface area contributed by atoms with Crippen LogP contribution in [0.3, 0.4) is 0 Å². The maximum atomic E-state index is 12.0. The van der Waals surface area contributed by atoms with Crippen molar-refractivity contribution in [3.05, 3.63) is 6.33 Å². The standard InChI is InChI=1S/C10H18N4O3S/c1-10(2,3)6-18(16,17)8-11-7-14(12-8)9(15)13(4)5/h7H,6H2,1-5H3. The Morgan fingerprint density at radius 1 is 1.39 bits per heavy atom. The Hall–Kier alpha value is -1.44. The number of sulfone groups is 1. The molecule has 0 aromatic carbocycles. The van der Waals surface area contributed by atoms with E-state index >= 15 is 0 Å². The number of hydrogen-bond donors (Lipinski definition) is 0. The topological polar surface area (TPSA) is 85.2 Å². The first-order chi connectivity index (χ1) is 8.03. The van der Waals surface area contributed by atoms with Gasteiger partial charge in [-0.1, -0.05) is 20.8 Å². The lowest BCUT2D eigenvalue weighted by molar-refractivity contribution is 0.215.